The predicted molar refractivity (Wildman–Crippen MR) is 141 cm³/mol. The number of aliphatic hydroxyl groups is 3. The number of nitrogens with one attached hydrogen (secondary N) is 2. The van der Waals surface area contributed by atoms with Crippen molar-refractivity contribution in [3.05, 3.63) is 60.7 Å². The molecule has 0 radical (unpaired) electrons. The number of methoxy groups -OCH3 is 1. The molecule has 8 nitrogen and oxygen atoms in total. The fourth-order valence-electron chi connectivity index (χ4n) is 3.74. The van der Waals surface area contributed by atoms with Gasteiger partial charge in [-0.25, -0.2) is 0 Å². The van der Waals surface area contributed by atoms with Crippen molar-refractivity contribution in [3.8, 4) is 11.1 Å². The van der Waals surface area contributed by atoms with Crippen molar-refractivity contribution in [2.75, 3.05) is 18.2 Å². The van der Waals surface area contributed by atoms with Crippen LogP contribution >= 0.6 is 11.8 Å². The molecule has 9 heteroatoms. The van der Waals surface area contributed by atoms with Gasteiger partial charge in [-0.05, 0) is 22.6 Å². The molecule has 36 heavy (non-hydrogen) atoms. The molecule has 194 valence electrons. The van der Waals surface area contributed by atoms with Crippen LogP contribution < -0.4 is 10.6 Å². The highest BCUT2D eigenvalue weighted by atomic mass is 32.2. The number of fused-ring (bicyclic) bond motifs is 1. The van der Waals surface area contributed by atoms with Gasteiger partial charge in [0.2, 0.25) is 5.91 Å². The smallest absolute Gasteiger partial charge is 0.252 e. The van der Waals surface area contributed by atoms with E-state index in [0.29, 0.717) is 5.69 Å². The van der Waals surface area contributed by atoms with Crippen LogP contribution in [0.1, 0.15) is 20.8 Å². The molecule has 0 aromatic heterocycles. The van der Waals surface area contributed by atoms with Gasteiger partial charge in [-0.3, -0.25) is 9.59 Å². The first-order chi connectivity index (χ1) is 17.0. The van der Waals surface area contributed by atoms with Crippen LogP contribution in [0, 0.1) is 5.41 Å². The normalized spacial score (nSPS) is 19.5. The lowest BCUT2D eigenvalue weighted by molar-refractivity contribution is -0.150. The number of carbonyl (C=O) groups excluding carboxylic acids is 2. The average Bonchev–Trinajstić information content (AvgIpc) is 3.00. The molecule has 2 aromatic carbocycles. The largest absolute Gasteiger partial charge is 0.387 e. The molecule has 0 aliphatic carbocycles. The van der Waals surface area contributed by atoms with Gasteiger partial charge in [0.05, 0.1) is 5.69 Å². The number of carbonyl (C=O) groups is 2. The summed E-state index contributed by atoms with van der Waals surface area (Å²) >= 11 is 1.43. The van der Waals surface area contributed by atoms with Crippen LogP contribution in [0.4, 0.5) is 5.69 Å². The van der Waals surface area contributed by atoms with Crippen LogP contribution in [0.3, 0.4) is 0 Å². The summed E-state index contributed by atoms with van der Waals surface area (Å²) in [6.07, 6.45) is -3.24. The Balaban J connectivity index is 1.71. The van der Waals surface area contributed by atoms with Crippen molar-refractivity contribution in [1.29, 1.82) is 0 Å². The van der Waals surface area contributed by atoms with E-state index in [0.717, 1.165) is 16.0 Å². The fraction of sp³-hybridized carbons (Fsp3) is 0.407. The number of hydrogen-bond donors (Lipinski definition) is 5. The maximum absolute atomic E-state index is 13.0. The van der Waals surface area contributed by atoms with Crippen LogP contribution in [0.2, 0.25) is 0 Å². The van der Waals surface area contributed by atoms with Gasteiger partial charge < -0.3 is 30.7 Å². The molecular weight excluding hydrogens is 480 g/mol. The summed E-state index contributed by atoms with van der Waals surface area (Å²) in [4.78, 5) is 26.8. The van der Waals surface area contributed by atoms with Gasteiger partial charge >= 0.3 is 0 Å². The van der Waals surface area contributed by atoms with E-state index >= 15 is 0 Å². The standard InChI is InChI=1S/C27H34N2O6S/c1-27(2,3)14-13-20(30)21(31)22(32)23(35-4)26(34)29-19-15-36-24-17(16-9-6-5-7-10-16)11-8-12-18(24)28-25(19)33/h5-14,19-23,30-32H,15H2,1-4H3,(H,28,33)(H,29,34)/b14-13+/t19?,20-,21+,22-,23-/m1/s1. The molecular formula is C27H34N2O6S. The SMILES string of the molecule is CO[C@@H](C(=O)NC1CSc2c(cccc2-c2ccccc2)NC1=O)[C@H](O)[C@@H](O)[C@H](O)/C=C/C(C)(C)C. The van der Waals surface area contributed by atoms with Gasteiger partial charge in [0.15, 0.2) is 6.10 Å². The Bertz CT molecular complexity index is 1090. The Morgan fingerprint density at radius 3 is 2.44 bits per heavy atom. The monoisotopic (exact) mass is 514 g/mol. The molecule has 0 fully saturated rings. The molecule has 3 rings (SSSR count). The molecule has 0 saturated heterocycles. The van der Waals surface area contributed by atoms with Crippen molar-refractivity contribution in [1.82, 2.24) is 5.32 Å². The summed E-state index contributed by atoms with van der Waals surface area (Å²) in [6.45, 7) is 5.75. The van der Waals surface area contributed by atoms with E-state index in [1.54, 1.807) is 12.1 Å². The second-order valence-electron chi connectivity index (χ2n) is 9.76. The van der Waals surface area contributed by atoms with Gasteiger partial charge in [0.25, 0.3) is 5.91 Å². The molecule has 1 aliphatic heterocycles. The van der Waals surface area contributed by atoms with E-state index in [1.807, 2.05) is 63.2 Å². The van der Waals surface area contributed by atoms with Gasteiger partial charge in [-0.2, -0.15) is 0 Å². The minimum Gasteiger partial charge on any atom is -0.387 e. The third-order valence-electron chi connectivity index (χ3n) is 5.70. The quantitative estimate of drug-likeness (QED) is 0.343. The number of rotatable bonds is 8. The second kappa shape index (κ2) is 12.0. The minimum atomic E-state index is -1.72. The number of benzene rings is 2. The summed E-state index contributed by atoms with van der Waals surface area (Å²) in [7, 11) is 1.21. The molecule has 0 bridgehead atoms. The van der Waals surface area contributed by atoms with Crippen LogP contribution in [-0.2, 0) is 14.3 Å². The molecule has 1 unspecified atom stereocenters. The Hall–Kier alpha value is -2.69. The zero-order chi connectivity index (χ0) is 26.5. The van der Waals surface area contributed by atoms with Crippen LogP contribution in [0.5, 0.6) is 0 Å². The van der Waals surface area contributed by atoms with Crippen molar-refractivity contribution >= 4 is 29.3 Å². The highest BCUT2D eigenvalue weighted by molar-refractivity contribution is 7.99. The van der Waals surface area contributed by atoms with E-state index in [4.69, 9.17) is 4.74 Å². The Morgan fingerprint density at radius 2 is 1.81 bits per heavy atom. The Labute approximate surface area is 215 Å². The maximum atomic E-state index is 13.0. The number of anilines is 1. The Morgan fingerprint density at radius 1 is 1.11 bits per heavy atom. The number of hydrogen-bond acceptors (Lipinski definition) is 7. The lowest BCUT2D eigenvalue weighted by atomic mass is 9.94. The average molecular weight is 515 g/mol. The zero-order valence-electron chi connectivity index (χ0n) is 20.8. The summed E-state index contributed by atoms with van der Waals surface area (Å²) < 4.78 is 5.14. The molecule has 0 spiro atoms. The van der Waals surface area contributed by atoms with Crippen molar-refractivity contribution < 1.29 is 29.6 Å². The number of aliphatic hydroxyl groups excluding tert-OH is 3. The molecule has 5 N–H and O–H groups in total. The summed E-state index contributed by atoms with van der Waals surface area (Å²) in [5, 5.41) is 36.7. The second-order valence-corrected chi connectivity index (χ2v) is 10.8. The van der Waals surface area contributed by atoms with Gasteiger partial charge in [-0.15, -0.1) is 11.8 Å². The van der Waals surface area contributed by atoms with Crippen LogP contribution in [-0.4, -0.2) is 70.5 Å². The molecule has 0 saturated carbocycles. The van der Waals surface area contributed by atoms with Gasteiger partial charge in [-0.1, -0.05) is 75.4 Å². The highest BCUT2D eigenvalue weighted by Gasteiger charge is 2.37. The number of thioether (sulfide) groups is 1. The first-order valence-corrected chi connectivity index (χ1v) is 12.7. The number of ether oxygens (including phenoxy) is 1. The number of allylic oxidation sites excluding steroid dienone is 1. The molecule has 2 amide bonds. The molecule has 2 aromatic rings. The van der Waals surface area contributed by atoms with Crippen molar-refractivity contribution in [2.45, 2.75) is 56.1 Å². The lowest BCUT2D eigenvalue weighted by Crippen LogP contribution is -2.55. The maximum Gasteiger partial charge on any atom is 0.252 e. The van der Waals surface area contributed by atoms with E-state index in [2.05, 4.69) is 10.6 Å². The molecule has 1 aliphatic rings. The van der Waals surface area contributed by atoms with E-state index in [9.17, 15) is 24.9 Å². The van der Waals surface area contributed by atoms with Crippen LogP contribution in [0.15, 0.2) is 65.6 Å². The van der Waals surface area contributed by atoms with Crippen LogP contribution in [0.25, 0.3) is 11.1 Å². The Kier molecular flexibility index (Phi) is 9.32. The minimum absolute atomic E-state index is 0.244. The van der Waals surface area contributed by atoms with Crippen molar-refractivity contribution in [3.63, 3.8) is 0 Å². The van der Waals surface area contributed by atoms with Gasteiger partial charge in [0.1, 0.15) is 24.4 Å². The lowest BCUT2D eigenvalue weighted by Gasteiger charge is -2.28. The predicted octanol–water partition coefficient (Wildman–Crippen LogP) is 2.58. The van der Waals surface area contributed by atoms with E-state index in [1.165, 1.54) is 24.9 Å². The zero-order valence-corrected chi connectivity index (χ0v) is 21.7. The summed E-state index contributed by atoms with van der Waals surface area (Å²) in [5.41, 5.74) is 2.38. The number of amides is 2. The fourth-order valence-corrected chi connectivity index (χ4v) is 4.93. The third kappa shape index (κ3) is 6.96. The first kappa shape index (κ1) is 27.9. The molecule has 5 atom stereocenters. The topological polar surface area (TPSA) is 128 Å². The van der Waals surface area contributed by atoms with E-state index in [-0.39, 0.29) is 11.2 Å². The highest BCUT2D eigenvalue weighted by Crippen LogP contribution is 2.39. The van der Waals surface area contributed by atoms with Crippen molar-refractivity contribution in [2.24, 2.45) is 5.41 Å². The summed E-state index contributed by atoms with van der Waals surface area (Å²) in [6, 6.07) is 14.5. The third-order valence-corrected chi connectivity index (χ3v) is 6.93. The van der Waals surface area contributed by atoms with Gasteiger partial charge in [0, 0.05) is 17.8 Å². The van der Waals surface area contributed by atoms with E-state index < -0.39 is 42.3 Å². The summed E-state index contributed by atoms with van der Waals surface area (Å²) in [5.74, 6) is -0.927. The first-order valence-electron chi connectivity index (χ1n) is 11.7. The molecule has 1 heterocycles.